The summed E-state index contributed by atoms with van der Waals surface area (Å²) in [5, 5.41) is 0. The van der Waals surface area contributed by atoms with Gasteiger partial charge in [-0.2, -0.15) is 13.2 Å². The number of halogens is 3. The van der Waals surface area contributed by atoms with Crippen molar-refractivity contribution in [3.05, 3.63) is 0 Å². The van der Waals surface area contributed by atoms with Gasteiger partial charge in [-0.3, -0.25) is 10.2 Å². The van der Waals surface area contributed by atoms with Gasteiger partial charge in [-0.25, -0.2) is 10.2 Å². The lowest BCUT2D eigenvalue weighted by Crippen LogP contribution is -2.53. The van der Waals surface area contributed by atoms with Crippen LogP contribution in [0.3, 0.4) is 0 Å². The standard InChI is InChI=1S/C11H19F3N2O4/c1-5-19-8(17)6-7(11(12,13)14)15-16-9(18)20-10(2,3)4/h7,15H,5-6H2,1-4H3,(H,16,18). The smallest absolute Gasteiger partial charge is 0.422 e. The van der Waals surface area contributed by atoms with E-state index in [2.05, 4.69) is 4.74 Å². The van der Waals surface area contributed by atoms with Gasteiger partial charge < -0.3 is 9.47 Å². The normalized spacial score (nSPS) is 13.6. The lowest BCUT2D eigenvalue weighted by Gasteiger charge is -2.23. The average Bonchev–Trinajstić information content (AvgIpc) is 2.20. The maximum atomic E-state index is 12.6. The zero-order valence-corrected chi connectivity index (χ0v) is 11.8. The van der Waals surface area contributed by atoms with Gasteiger partial charge in [0.1, 0.15) is 11.6 Å². The molecule has 0 bridgehead atoms. The summed E-state index contributed by atoms with van der Waals surface area (Å²) >= 11 is 0. The molecule has 0 heterocycles. The number of ether oxygens (including phenoxy) is 2. The van der Waals surface area contributed by atoms with Crippen molar-refractivity contribution >= 4 is 12.1 Å². The minimum atomic E-state index is -4.72. The minimum Gasteiger partial charge on any atom is -0.466 e. The van der Waals surface area contributed by atoms with Gasteiger partial charge in [0.15, 0.2) is 0 Å². The molecule has 0 aromatic heterocycles. The van der Waals surface area contributed by atoms with Crippen LogP contribution in [-0.4, -0.2) is 36.5 Å². The van der Waals surface area contributed by atoms with E-state index in [4.69, 9.17) is 4.74 Å². The van der Waals surface area contributed by atoms with Crippen LogP contribution in [0.1, 0.15) is 34.1 Å². The van der Waals surface area contributed by atoms with Crippen molar-refractivity contribution < 1.29 is 32.2 Å². The summed E-state index contributed by atoms with van der Waals surface area (Å²) in [6.45, 7) is 6.14. The molecule has 0 aliphatic carbocycles. The molecule has 9 heteroatoms. The number of carbonyl (C=O) groups excluding carboxylic acids is 2. The van der Waals surface area contributed by atoms with E-state index in [1.54, 1.807) is 31.6 Å². The van der Waals surface area contributed by atoms with Gasteiger partial charge in [-0.15, -0.1) is 0 Å². The lowest BCUT2D eigenvalue weighted by atomic mass is 10.2. The van der Waals surface area contributed by atoms with Crippen molar-refractivity contribution in [2.75, 3.05) is 6.61 Å². The predicted molar refractivity (Wildman–Crippen MR) is 63.6 cm³/mol. The minimum absolute atomic E-state index is 0.0249. The number of amides is 1. The van der Waals surface area contributed by atoms with Crippen LogP contribution in [0.2, 0.25) is 0 Å². The van der Waals surface area contributed by atoms with E-state index in [1.165, 1.54) is 6.92 Å². The van der Waals surface area contributed by atoms with Gasteiger partial charge in [0.05, 0.1) is 13.0 Å². The Hall–Kier alpha value is -1.51. The van der Waals surface area contributed by atoms with Crippen molar-refractivity contribution in [1.29, 1.82) is 0 Å². The maximum absolute atomic E-state index is 12.6. The quantitative estimate of drug-likeness (QED) is 0.599. The van der Waals surface area contributed by atoms with Crippen molar-refractivity contribution in [2.45, 2.75) is 51.9 Å². The first-order valence-electron chi connectivity index (χ1n) is 5.92. The molecule has 0 saturated carbocycles. The molecule has 118 valence electrons. The van der Waals surface area contributed by atoms with E-state index < -0.39 is 36.3 Å². The Morgan fingerprint density at radius 1 is 1.20 bits per heavy atom. The van der Waals surface area contributed by atoms with E-state index in [1.807, 2.05) is 0 Å². The van der Waals surface area contributed by atoms with Crippen LogP contribution in [0, 0.1) is 0 Å². The molecule has 1 atom stereocenters. The van der Waals surface area contributed by atoms with Gasteiger partial charge in [0, 0.05) is 0 Å². The van der Waals surface area contributed by atoms with E-state index in [0.29, 0.717) is 0 Å². The third-order valence-electron chi connectivity index (χ3n) is 1.82. The number of hydrogen-bond acceptors (Lipinski definition) is 5. The second kappa shape index (κ2) is 7.32. The van der Waals surface area contributed by atoms with Gasteiger partial charge in [-0.05, 0) is 27.7 Å². The fraction of sp³-hybridized carbons (Fsp3) is 0.818. The van der Waals surface area contributed by atoms with Gasteiger partial charge in [0.2, 0.25) is 0 Å². The lowest BCUT2D eigenvalue weighted by molar-refractivity contribution is -0.171. The van der Waals surface area contributed by atoms with Crippen molar-refractivity contribution in [2.24, 2.45) is 0 Å². The third-order valence-corrected chi connectivity index (χ3v) is 1.82. The highest BCUT2D eigenvalue weighted by Gasteiger charge is 2.41. The summed E-state index contributed by atoms with van der Waals surface area (Å²) in [7, 11) is 0. The molecule has 0 spiro atoms. The number of nitrogens with one attached hydrogen (secondary N) is 2. The van der Waals surface area contributed by atoms with Crippen molar-refractivity contribution in [1.82, 2.24) is 10.9 Å². The molecule has 0 aromatic rings. The number of esters is 1. The van der Waals surface area contributed by atoms with Crippen LogP contribution < -0.4 is 10.9 Å². The highest BCUT2D eigenvalue weighted by Crippen LogP contribution is 2.22. The van der Waals surface area contributed by atoms with Gasteiger partial charge in [-0.1, -0.05) is 0 Å². The summed E-state index contributed by atoms with van der Waals surface area (Å²) in [4.78, 5) is 22.3. The fourth-order valence-corrected chi connectivity index (χ4v) is 1.08. The number of hydrazine groups is 1. The van der Waals surface area contributed by atoms with Crippen LogP contribution in [0.4, 0.5) is 18.0 Å². The molecule has 0 fully saturated rings. The van der Waals surface area contributed by atoms with Crippen LogP contribution in [0.25, 0.3) is 0 Å². The zero-order chi connectivity index (χ0) is 16.0. The Morgan fingerprint density at radius 3 is 2.15 bits per heavy atom. The number of rotatable bonds is 5. The second-order valence-corrected chi connectivity index (χ2v) is 4.87. The number of carbonyl (C=O) groups is 2. The first-order valence-corrected chi connectivity index (χ1v) is 5.92. The molecular weight excluding hydrogens is 281 g/mol. The van der Waals surface area contributed by atoms with E-state index in [0.717, 1.165) is 0 Å². The second-order valence-electron chi connectivity index (χ2n) is 4.87. The Labute approximate surface area is 115 Å². The molecule has 0 aromatic carbocycles. The Bertz CT molecular complexity index is 340. The SMILES string of the molecule is CCOC(=O)CC(NNC(=O)OC(C)(C)C)C(F)(F)F. The van der Waals surface area contributed by atoms with Crippen molar-refractivity contribution in [3.8, 4) is 0 Å². The molecule has 20 heavy (non-hydrogen) atoms. The summed E-state index contributed by atoms with van der Waals surface area (Å²) < 4.78 is 47.1. The molecule has 0 aliphatic rings. The first kappa shape index (κ1) is 18.5. The van der Waals surface area contributed by atoms with E-state index in [9.17, 15) is 22.8 Å². The molecule has 0 rings (SSSR count). The van der Waals surface area contributed by atoms with E-state index >= 15 is 0 Å². The monoisotopic (exact) mass is 300 g/mol. The highest BCUT2D eigenvalue weighted by molar-refractivity contribution is 5.70. The average molecular weight is 300 g/mol. The first-order chi connectivity index (χ1) is 8.95. The van der Waals surface area contributed by atoms with Crippen LogP contribution in [-0.2, 0) is 14.3 Å². The zero-order valence-electron chi connectivity index (χ0n) is 11.8. The molecule has 6 nitrogen and oxygen atoms in total. The van der Waals surface area contributed by atoms with E-state index in [-0.39, 0.29) is 6.61 Å². The Morgan fingerprint density at radius 2 is 1.75 bits per heavy atom. The summed E-state index contributed by atoms with van der Waals surface area (Å²) in [6, 6.07) is -2.26. The summed E-state index contributed by atoms with van der Waals surface area (Å²) in [5.41, 5.74) is 2.63. The number of hydrogen-bond donors (Lipinski definition) is 2. The van der Waals surface area contributed by atoms with Crippen LogP contribution >= 0.6 is 0 Å². The Kier molecular flexibility index (Phi) is 6.77. The van der Waals surface area contributed by atoms with Gasteiger partial charge in [0.25, 0.3) is 0 Å². The predicted octanol–water partition coefficient (Wildman–Crippen LogP) is 1.90. The maximum Gasteiger partial charge on any atom is 0.422 e. The largest absolute Gasteiger partial charge is 0.466 e. The molecular formula is C11H19F3N2O4. The summed E-state index contributed by atoms with van der Waals surface area (Å²) in [6.07, 6.45) is -6.75. The molecule has 2 N–H and O–H groups in total. The molecule has 1 unspecified atom stereocenters. The van der Waals surface area contributed by atoms with Crippen LogP contribution in [0.5, 0.6) is 0 Å². The topological polar surface area (TPSA) is 76.7 Å². The van der Waals surface area contributed by atoms with Crippen molar-refractivity contribution in [3.63, 3.8) is 0 Å². The van der Waals surface area contributed by atoms with Crippen LogP contribution in [0.15, 0.2) is 0 Å². The molecule has 0 saturated heterocycles. The molecule has 0 radical (unpaired) electrons. The third kappa shape index (κ3) is 8.57. The summed E-state index contributed by atoms with van der Waals surface area (Å²) in [5.74, 6) is -1.02. The molecule has 0 aliphatic heterocycles. The highest BCUT2D eigenvalue weighted by atomic mass is 19.4. The Balaban J connectivity index is 4.46. The number of alkyl halides is 3. The molecule has 1 amide bonds. The van der Waals surface area contributed by atoms with Gasteiger partial charge >= 0.3 is 18.2 Å². The fourth-order valence-electron chi connectivity index (χ4n) is 1.08.